The second-order valence-electron chi connectivity index (χ2n) is 6.93. The Morgan fingerprint density at radius 1 is 1.20 bits per heavy atom. The first-order valence-electron chi connectivity index (χ1n) is 9.60. The Balaban J connectivity index is 1.64. The lowest BCUT2D eigenvalue weighted by Crippen LogP contribution is -2.32. The molecule has 1 aliphatic rings. The molecule has 1 fully saturated rings. The van der Waals surface area contributed by atoms with E-state index >= 15 is 0 Å². The summed E-state index contributed by atoms with van der Waals surface area (Å²) >= 11 is 2.42. The highest BCUT2D eigenvalue weighted by molar-refractivity contribution is 8.00. The van der Waals surface area contributed by atoms with E-state index in [2.05, 4.69) is 10.3 Å². The third-order valence-corrected chi connectivity index (χ3v) is 8.51. The molecule has 0 radical (unpaired) electrons. The van der Waals surface area contributed by atoms with Crippen LogP contribution in [0.5, 0.6) is 0 Å². The van der Waals surface area contributed by atoms with Gasteiger partial charge in [-0.1, -0.05) is 24.6 Å². The number of aromatic nitrogens is 1. The van der Waals surface area contributed by atoms with E-state index in [1.165, 1.54) is 39.7 Å². The van der Waals surface area contributed by atoms with Gasteiger partial charge in [0.05, 0.1) is 15.8 Å². The van der Waals surface area contributed by atoms with Gasteiger partial charge in [0, 0.05) is 19.3 Å². The lowest BCUT2D eigenvalue weighted by Gasteiger charge is -2.19. The van der Waals surface area contributed by atoms with Crippen molar-refractivity contribution in [2.45, 2.75) is 47.8 Å². The highest BCUT2D eigenvalue weighted by Crippen LogP contribution is 2.27. The summed E-state index contributed by atoms with van der Waals surface area (Å²) in [6.45, 7) is 2.78. The van der Waals surface area contributed by atoms with Crippen LogP contribution in [0.25, 0.3) is 0 Å². The molecule has 2 aromatic rings. The van der Waals surface area contributed by atoms with Crippen LogP contribution >= 0.6 is 23.1 Å². The summed E-state index contributed by atoms with van der Waals surface area (Å²) in [6, 6.07) is 4.70. The van der Waals surface area contributed by atoms with Gasteiger partial charge in [0.2, 0.25) is 15.9 Å². The molecule has 2 aromatic heterocycles. The average Bonchev–Trinajstić information content (AvgIpc) is 2.99. The summed E-state index contributed by atoms with van der Waals surface area (Å²) < 4.78 is 27.2. The number of anilines is 1. The largest absolute Gasteiger partial charge is 0.366 e. The fraction of sp³-hybridized carbons (Fsp3) is 0.421. The fourth-order valence-corrected chi connectivity index (χ4v) is 6.12. The van der Waals surface area contributed by atoms with Crippen LogP contribution in [0.4, 0.5) is 5.00 Å². The quantitative estimate of drug-likeness (QED) is 0.603. The van der Waals surface area contributed by atoms with Crippen molar-refractivity contribution < 1.29 is 18.0 Å². The van der Waals surface area contributed by atoms with E-state index in [0.717, 1.165) is 25.7 Å². The molecule has 0 bridgehead atoms. The third kappa shape index (κ3) is 5.39. The predicted molar refractivity (Wildman–Crippen MR) is 118 cm³/mol. The minimum Gasteiger partial charge on any atom is -0.366 e. The van der Waals surface area contributed by atoms with E-state index in [0.29, 0.717) is 23.1 Å². The smallest absolute Gasteiger partial charge is 0.251 e. The number of nitrogens with one attached hydrogen (secondary N) is 1. The van der Waals surface area contributed by atoms with Gasteiger partial charge < -0.3 is 11.1 Å². The number of thiophene rings is 1. The lowest BCUT2D eigenvalue weighted by molar-refractivity contribution is -0.115. The summed E-state index contributed by atoms with van der Waals surface area (Å²) in [6.07, 6.45) is 5.18. The van der Waals surface area contributed by atoms with E-state index in [4.69, 9.17) is 5.73 Å². The number of hydrogen-bond donors (Lipinski definition) is 2. The Hall–Kier alpha value is -1.95. The van der Waals surface area contributed by atoms with Crippen molar-refractivity contribution >= 4 is 49.9 Å². The van der Waals surface area contributed by atoms with Gasteiger partial charge >= 0.3 is 0 Å². The van der Waals surface area contributed by atoms with Gasteiger partial charge in [0.15, 0.2) is 0 Å². The number of sulfonamides is 1. The molecule has 30 heavy (non-hydrogen) atoms. The van der Waals surface area contributed by atoms with Crippen molar-refractivity contribution in [3.63, 3.8) is 0 Å². The summed E-state index contributed by atoms with van der Waals surface area (Å²) in [7, 11) is -3.55. The van der Waals surface area contributed by atoms with Crippen molar-refractivity contribution in [2.75, 3.05) is 18.4 Å². The van der Waals surface area contributed by atoms with Crippen LogP contribution in [0.3, 0.4) is 0 Å². The number of carbonyl (C=O) groups is 2. The van der Waals surface area contributed by atoms with E-state index in [9.17, 15) is 18.0 Å². The summed E-state index contributed by atoms with van der Waals surface area (Å²) in [5, 5.41) is 4.82. The topological polar surface area (TPSA) is 122 Å². The van der Waals surface area contributed by atoms with Crippen LogP contribution in [0.2, 0.25) is 0 Å². The Kier molecular flexibility index (Phi) is 7.50. The second-order valence-corrected chi connectivity index (χ2v) is 11.1. The van der Waals surface area contributed by atoms with E-state index < -0.39 is 21.2 Å². The van der Waals surface area contributed by atoms with Crippen molar-refractivity contribution in [2.24, 2.45) is 5.73 Å². The number of nitrogens with two attached hydrogens (primary N) is 1. The molecule has 0 aromatic carbocycles. The molecule has 3 heterocycles. The molecule has 0 spiro atoms. The summed E-state index contributed by atoms with van der Waals surface area (Å²) in [5.74, 6) is -0.900. The Labute approximate surface area is 184 Å². The molecule has 1 atom stereocenters. The zero-order chi connectivity index (χ0) is 21.7. The molecular weight excluding hydrogens is 444 g/mol. The SMILES string of the molecule is C[C@H](Sc1ccc(S(=O)(=O)N2CCCCCC2)cn1)C(=O)Nc1sccc1C(N)=O. The third-order valence-electron chi connectivity index (χ3n) is 4.75. The van der Waals surface area contributed by atoms with Gasteiger partial charge in [-0.25, -0.2) is 13.4 Å². The molecule has 0 aliphatic carbocycles. The van der Waals surface area contributed by atoms with Crippen LogP contribution in [0, 0.1) is 0 Å². The second kappa shape index (κ2) is 9.90. The molecule has 3 N–H and O–H groups in total. The molecule has 0 unspecified atom stereocenters. The number of rotatable bonds is 7. The van der Waals surface area contributed by atoms with Crippen molar-refractivity contribution in [1.82, 2.24) is 9.29 Å². The molecule has 162 valence electrons. The molecule has 1 saturated heterocycles. The fourth-order valence-electron chi connectivity index (χ4n) is 3.07. The zero-order valence-electron chi connectivity index (χ0n) is 16.5. The average molecular weight is 469 g/mol. The first kappa shape index (κ1) is 22.7. The van der Waals surface area contributed by atoms with Crippen LogP contribution in [-0.4, -0.2) is 47.9 Å². The first-order valence-corrected chi connectivity index (χ1v) is 12.8. The summed E-state index contributed by atoms with van der Waals surface area (Å²) in [4.78, 5) is 28.2. The maximum atomic E-state index is 12.8. The van der Waals surface area contributed by atoms with Crippen LogP contribution in [0.15, 0.2) is 39.7 Å². The minimum absolute atomic E-state index is 0.163. The van der Waals surface area contributed by atoms with E-state index in [-0.39, 0.29) is 16.4 Å². The Morgan fingerprint density at radius 2 is 1.90 bits per heavy atom. The van der Waals surface area contributed by atoms with Crippen molar-refractivity contribution in [3.05, 3.63) is 35.3 Å². The number of amides is 2. The van der Waals surface area contributed by atoms with Crippen LogP contribution < -0.4 is 11.1 Å². The van der Waals surface area contributed by atoms with Gasteiger partial charge in [-0.05, 0) is 43.3 Å². The van der Waals surface area contributed by atoms with Crippen molar-refractivity contribution in [1.29, 1.82) is 0 Å². The van der Waals surface area contributed by atoms with E-state index in [1.807, 2.05) is 0 Å². The number of carbonyl (C=O) groups excluding carboxylic acids is 2. The minimum atomic E-state index is -3.55. The van der Waals surface area contributed by atoms with Gasteiger partial charge in [0.1, 0.15) is 9.90 Å². The van der Waals surface area contributed by atoms with Crippen LogP contribution in [0.1, 0.15) is 43.0 Å². The maximum Gasteiger partial charge on any atom is 0.251 e. The predicted octanol–water partition coefficient (Wildman–Crippen LogP) is 2.93. The molecule has 0 saturated carbocycles. The molecule has 2 amide bonds. The number of pyridine rings is 1. The molecule has 1 aliphatic heterocycles. The highest BCUT2D eigenvalue weighted by atomic mass is 32.2. The number of hydrogen-bond acceptors (Lipinski definition) is 7. The van der Waals surface area contributed by atoms with Gasteiger partial charge in [-0.2, -0.15) is 4.31 Å². The highest BCUT2D eigenvalue weighted by Gasteiger charge is 2.26. The van der Waals surface area contributed by atoms with Gasteiger partial charge in [-0.15, -0.1) is 11.3 Å². The first-order chi connectivity index (χ1) is 14.3. The summed E-state index contributed by atoms with van der Waals surface area (Å²) in [5.41, 5.74) is 5.56. The number of primary amides is 1. The Morgan fingerprint density at radius 3 is 2.50 bits per heavy atom. The lowest BCUT2D eigenvalue weighted by atomic mass is 10.2. The monoisotopic (exact) mass is 468 g/mol. The normalized spacial score (nSPS) is 16.6. The van der Waals surface area contributed by atoms with Crippen molar-refractivity contribution in [3.8, 4) is 0 Å². The molecule has 8 nitrogen and oxygen atoms in total. The molecular formula is C19H24N4O4S3. The number of nitrogens with zero attached hydrogens (tertiary/aromatic N) is 2. The number of thioether (sulfide) groups is 1. The maximum absolute atomic E-state index is 12.8. The van der Waals surface area contributed by atoms with Gasteiger partial charge in [-0.3, -0.25) is 9.59 Å². The van der Waals surface area contributed by atoms with E-state index in [1.54, 1.807) is 24.4 Å². The molecule has 3 rings (SSSR count). The zero-order valence-corrected chi connectivity index (χ0v) is 19.0. The Bertz CT molecular complexity index is 997. The van der Waals surface area contributed by atoms with Gasteiger partial charge in [0.25, 0.3) is 5.91 Å². The van der Waals surface area contributed by atoms with Crippen LogP contribution in [-0.2, 0) is 14.8 Å². The molecule has 11 heteroatoms. The standard InChI is InChI=1S/C19H24N4O4S3/c1-13(18(25)22-19-15(17(20)24)8-11-28-19)29-16-7-6-14(12-21-16)30(26,27)23-9-4-2-3-5-10-23/h6-8,11-13H,2-5,9-10H2,1H3,(H2,20,24)(H,22,25)/t13-/m0/s1.